The van der Waals surface area contributed by atoms with Crippen LogP contribution in [0.25, 0.3) is 0 Å². The van der Waals surface area contributed by atoms with Gasteiger partial charge < -0.3 is 15.5 Å². The van der Waals surface area contributed by atoms with Crippen molar-refractivity contribution in [1.29, 1.82) is 0 Å². The van der Waals surface area contributed by atoms with E-state index in [0.717, 1.165) is 44.7 Å². The third-order valence-corrected chi connectivity index (χ3v) is 5.45. The van der Waals surface area contributed by atoms with Crippen LogP contribution in [0.4, 0.5) is 13.2 Å². The van der Waals surface area contributed by atoms with Crippen LogP contribution in [-0.4, -0.2) is 79.7 Å². The van der Waals surface area contributed by atoms with Crippen molar-refractivity contribution in [2.45, 2.75) is 58.2 Å². The summed E-state index contributed by atoms with van der Waals surface area (Å²) < 4.78 is 37.4. The van der Waals surface area contributed by atoms with Gasteiger partial charge in [0.25, 0.3) is 0 Å². The summed E-state index contributed by atoms with van der Waals surface area (Å²) in [6.45, 7) is 7.00. The van der Waals surface area contributed by atoms with Crippen LogP contribution in [-0.2, 0) is 4.79 Å². The van der Waals surface area contributed by atoms with Gasteiger partial charge in [0.05, 0.1) is 6.54 Å². The van der Waals surface area contributed by atoms with Gasteiger partial charge in [0.15, 0.2) is 5.96 Å². The van der Waals surface area contributed by atoms with Gasteiger partial charge in [0, 0.05) is 38.6 Å². The van der Waals surface area contributed by atoms with Crippen molar-refractivity contribution < 1.29 is 18.0 Å². The Kier molecular flexibility index (Phi) is 11.6. The summed E-state index contributed by atoms with van der Waals surface area (Å²) in [6.07, 6.45) is -0.183. The Balaban J connectivity index is 0.00000420. The first-order valence-corrected chi connectivity index (χ1v) is 10.4. The quantitative estimate of drug-likeness (QED) is 0.300. The molecule has 0 aliphatic carbocycles. The molecule has 2 N–H and O–H groups in total. The predicted octanol–water partition coefficient (Wildman–Crippen LogP) is 2.83. The Morgan fingerprint density at radius 1 is 1.14 bits per heavy atom. The first kappa shape index (κ1) is 26.3. The number of likely N-dealkylation sites (tertiary alicyclic amines) is 2. The lowest BCUT2D eigenvalue weighted by atomic mass is 9.93. The zero-order valence-electron chi connectivity index (χ0n) is 17.4. The van der Waals surface area contributed by atoms with Crippen LogP contribution in [0.1, 0.15) is 46.0 Å². The lowest BCUT2D eigenvalue weighted by Crippen LogP contribution is -2.45. The van der Waals surface area contributed by atoms with Crippen molar-refractivity contribution in [3.8, 4) is 0 Å². The molecule has 2 saturated heterocycles. The number of nitrogens with one attached hydrogen (secondary N) is 2. The Hall–Kier alpha value is -0.780. The zero-order valence-corrected chi connectivity index (χ0v) is 19.8. The molecular formula is C19H35F3IN5O. The second-order valence-corrected chi connectivity index (χ2v) is 7.71. The first-order valence-electron chi connectivity index (χ1n) is 10.4. The van der Waals surface area contributed by atoms with Crippen LogP contribution in [0.15, 0.2) is 4.99 Å². The minimum Gasteiger partial charge on any atom is -0.357 e. The molecule has 0 saturated carbocycles. The fourth-order valence-electron chi connectivity index (χ4n) is 3.89. The lowest BCUT2D eigenvalue weighted by Gasteiger charge is -2.32. The highest BCUT2D eigenvalue weighted by Gasteiger charge is 2.32. The molecule has 0 bridgehead atoms. The fraction of sp³-hybridized carbons (Fsp3) is 0.895. The van der Waals surface area contributed by atoms with Crippen molar-refractivity contribution in [2.75, 3.05) is 45.8 Å². The Morgan fingerprint density at radius 2 is 1.83 bits per heavy atom. The van der Waals surface area contributed by atoms with Crippen molar-refractivity contribution in [3.05, 3.63) is 0 Å². The molecular weight excluding hydrogens is 498 g/mol. The van der Waals surface area contributed by atoms with Gasteiger partial charge in [-0.25, -0.2) is 0 Å². The minimum absolute atomic E-state index is 0. The molecule has 0 aromatic heterocycles. The van der Waals surface area contributed by atoms with E-state index in [1.165, 1.54) is 4.90 Å². The van der Waals surface area contributed by atoms with Gasteiger partial charge in [-0.1, -0.05) is 6.92 Å². The highest BCUT2D eigenvalue weighted by atomic mass is 127. The number of carbonyl (C=O) groups excluding carboxylic acids is 1. The van der Waals surface area contributed by atoms with Crippen LogP contribution in [0.3, 0.4) is 0 Å². The van der Waals surface area contributed by atoms with Gasteiger partial charge in [-0.2, -0.15) is 13.2 Å². The van der Waals surface area contributed by atoms with E-state index < -0.39 is 12.7 Å². The average Bonchev–Trinajstić information content (AvgIpc) is 3.10. The Morgan fingerprint density at radius 3 is 2.41 bits per heavy atom. The summed E-state index contributed by atoms with van der Waals surface area (Å²) in [5, 5.41) is 6.65. The molecule has 0 spiro atoms. The van der Waals surface area contributed by atoms with Crippen LogP contribution in [0.2, 0.25) is 0 Å². The number of amides is 1. The SMILES string of the molecule is CCNC(=NCCC1CCN(CC(F)(F)F)CC1)NC1CCN(C(=O)CC)C1.I. The number of piperidine rings is 1. The molecule has 2 fully saturated rings. The summed E-state index contributed by atoms with van der Waals surface area (Å²) in [5.74, 6) is 1.37. The summed E-state index contributed by atoms with van der Waals surface area (Å²) in [4.78, 5) is 19.8. The van der Waals surface area contributed by atoms with Crippen LogP contribution >= 0.6 is 24.0 Å². The minimum atomic E-state index is -4.11. The van der Waals surface area contributed by atoms with Gasteiger partial charge in [-0.05, 0) is 51.6 Å². The van der Waals surface area contributed by atoms with E-state index in [-0.39, 0.29) is 35.9 Å². The lowest BCUT2D eigenvalue weighted by molar-refractivity contribution is -0.148. The molecule has 1 amide bonds. The van der Waals surface area contributed by atoms with Gasteiger partial charge >= 0.3 is 6.18 Å². The molecule has 1 unspecified atom stereocenters. The number of hydrogen-bond acceptors (Lipinski definition) is 3. The predicted molar refractivity (Wildman–Crippen MR) is 120 cm³/mol. The normalized spacial score (nSPS) is 21.8. The molecule has 10 heteroatoms. The van der Waals surface area contributed by atoms with E-state index in [9.17, 15) is 18.0 Å². The molecule has 0 radical (unpaired) electrons. The third kappa shape index (κ3) is 9.71. The van der Waals surface area contributed by atoms with Crippen molar-refractivity contribution in [2.24, 2.45) is 10.9 Å². The maximum atomic E-state index is 12.5. The molecule has 0 aromatic rings. The molecule has 0 aromatic carbocycles. The van der Waals surface area contributed by atoms with Crippen molar-refractivity contribution in [1.82, 2.24) is 20.4 Å². The molecule has 2 aliphatic rings. The smallest absolute Gasteiger partial charge is 0.357 e. The highest BCUT2D eigenvalue weighted by Crippen LogP contribution is 2.24. The largest absolute Gasteiger partial charge is 0.401 e. The fourth-order valence-corrected chi connectivity index (χ4v) is 3.89. The standard InChI is InChI=1S/C19H34F3N5O.HI/c1-3-17(28)27-12-8-16(13-27)25-18(23-4-2)24-9-5-15-6-10-26(11-7-15)14-19(20,21)22;/h15-16H,3-14H2,1-2H3,(H2,23,24,25);1H. The molecule has 170 valence electrons. The maximum absolute atomic E-state index is 12.5. The molecule has 2 aliphatic heterocycles. The van der Waals surface area contributed by atoms with Crippen LogP contribution in [0, 0.1) is 5.92 Å². The van der Waals surface area contributed by atoms with E-state index in [0.29, 0.717) is 38.5 Å². The van der Waals surface area contributed by atoms with E-state index in [2.05, 4.69) is 15.6 Å². The van der Waals surface area contributed by atoms with E-state index in [1.807, 2.05) is 18.7 Å². The maximum Gasteiger partial charge on any atom is 0.401 e. The van der Waals surface area contributed by atoms with Crippen molar-refractivity contribution in [3.63, 3.8) is 0 Å². The highest BCUT2D eigenvalue weighted by molar-refractivity contribution is 14.0. The number of alkyl halides is 3. The molecule has 2 rings (SSSR count). The summed E-state index contributed by atoms with van der Waals surface area (Å²) in [6, 6.07) is 0.207. The second kappa shape index (κ2) is 12.8. The number of carbonyl (C=O) groups is 1. The van der Waals surface area contributed by atoms with E-state index in [1.54, 1.807) is 0 Å². The van der Waals surface area contributed by atoms with E-state index >= 15 is 0 Å². The summed E-state index contributed by atoms with van der Waals surface area (Å²) in [5.41, 5.74) is 0. The number of guanidine groups is 1. The third-order valence-electron chi connectivity index (χ3n) is 5.45. The average molecular weight is 533 g/mol. The number of rotatable bonds is 7. The van der Waals surface area contributed by atoms with Crippen LogP contribution < -0.4 is 10.6 Å². The Labute approximate surface area is 189 Å². The monoisotopic (exact) mass is 533 g/mol. The Bertz CT molecular complexity index is 524. The van der Waals surface area contributed by atoms with Gasteiger partial charge in [-0.3, -0.25) is 14.7 Å². The first-order chi connectivity index (χ1) is 13.3. The number of halogens is 4. The van der Waals surface area contributed by atoms with Crippen molar-refractivity contribution >= 4 is 35.8 Å². The number of aliphatic imine (C=N–C) groups is 1. The number of hydrogen-bond donors (Lipinski definition) is 2. The molecule has 29 heavy (non-hydrogen) atoms. The number of nitrogens with zero attached hydrogens (tertiary/aromatic N) is 3. The molecule has 6 nitrogen and oxygen atoms in total. The summed E-state index contributed by atoms with van der Waals surface area (Å²) >= 11 is 0. The van der Waals surface area contributed by atoms with Gasteiger partial charge in [0.2, 0.25) is 5.91 Å². The zero-order chi connectivity index (χ0) is 20.6. The topological polar surface area (TPSA) is 60.0 Å². The summed E-state index contributed by atoms with van der Waals surface area (Å²) in [7, 11) is 0. The van der Waals surface area contributed by atoms with Gasteiger partial charge in [-0.15, -0.1) is 24.0 Å². The molecule has 2 heterocycles. The second-order valence-electron chi connectivity index (χ2n) is 7.71. The molecule has 1 atom stereocenters. The van der Waals surface area contributed by atoms with Gasteiger partial charge in [0.1, 0.15) is 0 Å². The van der Waals surface area contributed by atoms with E-state index in [4.69, 9.17) is 0 Å². The van der Waals surface area contributed by atoms with Crippen LogP contribution in [0.5, 0.6) is 0 Å².